The number of hydrogen-bond acceptors (Lipinski definition) is 2. The Balaban J connectivity index is 2.25. The highest BCUT2D eigenvalue weighted by Gasteiger charge is 1.97. The van der Waals surface area contributed by atoms with Crippen molar-refractivity contribution in [3.63, 3.8) is 0 Å². The standard InChI is InChI=1S/C16H27N3S/c1-13-8-9-15(12-14(13)2)19-16(17)18-10-6-4-5-7-11-20-3/h8-9,12H,4-7,10-11H2,1-3H3,(H3,17,18,19). The van der Waals surface area contributed by atoms with Crippen LogP contribution in [0.5, 0.6) is 0 Å². The van der Waals surface area contributed by atoms with Crippen molar-refractivity contribution in [2.24, 2.45) is 10.7 Å². The molecule has 0 aromatic heterocycles. The van der Waals surface area contributed by atoms with E-state index in [1.165, 1.54) is 36.1 Å². The fourth-order valence-electron chi connectivity index (χ4n) is 1.92. The van der Waals surface area contributed by atoms with E-state index in [0.29, 0.717) is 5.96 Å². The molecule has 0 spiro atoms. The minimum atomic E-state index is 0.511. The summed E-state index contributed by atoms with van der Waals surface area (Å²) in [5.41, 5.74) is 9.45. The number of guanidine groups is 1. The zero-order chi connectivity index (χ0) is 14.8. The Labute approximate surface area is 127 Å². The lowest BCUT2D eigenvalue weighted by atomic mass is 10.1. The van der Waals surface area contributed by atoms with Gasteiger partial charge in [0.05, 0.1) is 0 Å². The molecule has 0 heterocycles. The van der Waals surface area contributed by atoms with Crippen LogP contribution in [0.2, 0.25) is 0 Å². The van der Waals surface area contributed by atoms with E-state index in [4.69, 9.17) is 5.73 Å². The molecule has 1 aromatic carbocycles. The number of hydrogen-bond donors (Lipinski definition) is 2. The molecule has 20 heavy (non-hydrogen) atoms. The Hall–Kier alpha value is -1.16. The largest absolute Gasteiger partial charge is 0.370 e. The number of thioether (sulfide) groups is 1. The molecule has 0 aliphatic heterocycles. The van der Waals surface area contributed by atoms with Gasteiger partial charge in [-0.3, -0.25) is 4.99 Å². The number of anilines is 1. The Morgan fingerprint density at radius 2 is 1.90 bits per heavy atom. The van der Waals surface area contributed by atoms with Gasteiger partial charge in [0.25, 0.3) is 0 Å². The minimum absolute atomic E-state index is 0.511. The maximum atomic E-state index is 5.89. The fourth-order valence-corrected chi connectivity index (χ4v) is 2.41. The van der Waals surface area contributed by atoms with Gasteiger partial charge in [0, 0.05) is 12.2 Å². The minimum Gasteiger partial charge on any atom is -0.370 e. The molecular weight excluding hydrogens is 266 g/mol. The number of nitrogens with zero attached hydrogens (tertiary/aromatic N) is 1. The average Bonchev–Trinajstić information content (AvgIpc) is 2.42. The van der Waals surface area contributed by atoms with E-state index in [1.807, 2.05) is 17.8 Å². The molecule has 0 atom stereocenters. The van der Waals surface area contributed by atoms with Gasteiger partial charge in [0.2, 0.25) is 0 Å². The number of aliphatic imine (C=N–C) groups is 1. The first kappa shape index (κ1) is 16.9. The second kappa shape index (κ2) is 9.70. The van der Waals surface area contributed by atoms with Gasteiger partial charge in [-0.05, 0) is 62.0 Å². The van der Waals surface area contributed by atoms with Crippen LogP contribution in [-0.4, -0.2) is 24.5 Å². The van der Waals surface area contributed by atoms with Gasteiger partial charge < -0.3 is 11.1 Å². The molecule has 0 saturated heterocycles. The van der Waals surface area contributed by atoms with Crippen molar-refractivity contribution < 1.29 is 0 Å². The number of benzene rings is 1. The predicted octanol–water partition coefficient (Wildman–Crippen LogP) is 3.95. The summed E-state index contributed by atoms with van der Waals surface area (Å²) >= 11 is 1.92. The number of unbranched alkanes of at least 4 members (excludes halogenated alkanes) is 3. The summed E-state index contributed by atoms with van der Waals surface area (Å²) in [5, 5.41) is 3.15. The molecule has 0 radical (unpaired) electrons. The van der Waals surface area contributed by atoms with Crippen molar-refractivity contribution in [3.8, 4) is 0 Å². The predicted molar refractivity (Wildman–Crippen MR) is 92.9 cm³/mol. The van der Waals surface area contributed by atoms with Crippen molar-refractivity contribution >= 4 is 23.4 Å². The van der Waals surface area contributed by atoms with Crippen molar-refractivity contribution in [2.75, 3.05) is 23.9 Å². The molecule has 4 heteroatoms. The normalized spacial score (nSPS) is 11.7. The third-order valence-electron chi connectivity index (χ3n) is 3.32. The van der Waals surface area contributed by atoms with Crippen LogP contribution >= 0.6 is 11.8 Å². The highest BCUT2D eigenvalue weighted by Crippen LogP contribution is 2.13. The van der Waals surface area contributed by atoms with Gasteiger partial charge in [-0.25, -0.2) is 0 Å². The maximum Gasteiger partial charge on any atom is 0.193 e. The Morgan fingerprint density at radius 3 is 2.60 bits per heavy atom. The van der Waals surface area contributed by atoms with Gasteiger partial charge in [-0.1, -0.05) is 18.9 Å². The first-order valence-electron chi connectivity index (χ1n) is 7.26. The molecule has 3 N–H and O–H groups in total. The number of aryl methyl sites for hydroxylation is 2. The molecule has 0 fully saturated rings. The summed E-state index contributed by atoms with van der Waals surface area (Å²) in [5.74, 6) is 1.78. The summed E-state index contributed by atoms with van der Waals surface area (Å²) in [6.45, 7) is 5.01. The third kappa shape index (κ3) is 6.85. The van der Waals surface area contributed by atoms with Crippen LogP contribution in [0.15, 0.2) is 23.2 Å². The van der Waals surface area contributed by atoms with Crippen molar-refractivity contribution in [3.05, 3.63) is 29.3 Å². The smallest absolute Gasteiger partial charge is 0.193 e. The molecule has 0 amide bonds. The van der Waals surface area contributed by atoms with Crippen molar-refractivity contribution in [2.45, 2.75) is 39.5 Å². The van der Waals surface area contributed by atoms with Gasteiger partial charge in [-0.15, -0.1) is 0 Å². The highest BCUT2D eigenvalue weighted by molar-refractivity contribution is 7.98. The van der Waals surface area contributed by atoms with Crippen molar-refractivity contribution in [1.82, 2.24) is 0 Å². The summed E-state index contributed by atoms with van der Waals surface area (Å²) in [6.07, 6.45) is 7.11. The summed E-state index contributed by atoms with van der Waals surface area (Å²) in [6, 6.07) is 6.23. The maximum absolute atomic E-state index is 5.89. The summed E-state index contributed by atoms with van der Waals surface area (Å²) in [7, 11) is 0. The summed E-state index contributed by atoms with van der Waals surface area (Å²) < 4.78 is 0. The Kier molecular flexibility index (Phi) is 8.19. The van der Waals surface area contributed by atoms with E-state index in [2.05, 4.69) is 42.5 Å². The highest BCUT2D eigenvalue weighted by atomic mass is 32.2. The lowest BCUT2D eigenvalue weighted by molar-refractivity contribution is 0.678. The molecule has 0 unspecified atom stereocenters. The van der Waals surface area contributed by atoms with E-state index in [0.717, 1.165) is 18.7 Å². The van der Waals surface area contributed by atoms with Crippen LogP contribution in [0.4, 0.5) is 5.69 Å². The lowest BCUT2D eigenvalue weighted by Gasteiger charge is -2.08. The molecule has 0 aliphatic rings. The quantitative estimate of drug-likeness (QED) is 0.433. The third-order valence-corrected chi connectivity index (χ3v) is 4.01. The zero-order valence-corrected chi connectivity index (χ0v) is 13.7. The van der Waals surface area contributed by atoms with E-state index in [-0.39, 0.29) is 0 Å². The Bertz CT molecular complexity index is 430. The van der Waals surface area contributed by atoms with Gasteiger partial charge >= 0.3 is 0 Å². The van der Waals surface area contributed by atoms with Crippen LogP contribution in [0.3, 0.4) is 0 Å². The monoisotopic (exact) mass is 293 g/mol. The Morgan fingerprint density at radius 1 is 1.15 bits per heavy atom. The molecule has 3 nitrogen and oxygen atoms in total. The molecular formula is C16H27N3S. The van der Waals surface area contributed by atoms with Gasteiger partial charge in [0.15, 0.2) is 5.96 Å². The average molecular weight is 293 g/mol. The second-order valence-electron chi connectivity index (χ2n) is 5.10. The molecule has 1 aromatic rings. The van der Waals surface area contributed by atoms with Crippen LogP contribution in [0, 0.1) is 13.8 Å². The fraction of sp³-hybridized carbons (Fsp3) is 0.562. The van der Waals surface area contributed by atoms with Crippen LogP contribution in [0.25, 0.3) is 0 Å². The van der Waals surface area contributed by atoms with Crippen LogP contribution in [-0.2, 0) is 0 Å². The first-order chi connectivity index (χ1) is 9.63. The van der Waals surface area contributed by atoms with Gasteiger partial charge in [-0.2, -0.15) is 11.8 Å². The first-order valence-corrected chi connectivity index (χ1v) is 8.66. The molecule has 112 valence electrons. The second-order valence-corrected chi connectivity index (χ2v) is 6.08. The van der Waals surface area contributed by atoms with Crippen LogP contribution < -0.4 is 11.1 Å². The van der Waals surface area contributed by atoms with Crippen LogP contribution in [0.1, 0.15) is 36.8 Å². The SMILES string of the molecule is CSCCCCCCN=C(N)Nc1ccc(C)c(C)c1. The van der Waals surface area contributed by atoms with E-state index >= 15 is 0 Å². The van der Waals surface area contributed by atoms with E-state index < -0.39 is 0 Å². The van der Waals surface area contributed by atoms with Gasteiger partial charge in [0.1, 0.15) is 0 Å². The zero-order valence-electron chi connectivity index (χ0n) is 12.9. The molecule has 0 aliphatic carbocycles. The van der Waals surface area contributed by atoms with Crippen molar-refractivity contribution in [1.29, 1.82) is 0 Å². The van der Waals surface area contributed by atoms with E-state index in [1.54, 1.807) is 0 Å². The van der Waals surface area contributed by atoms with E-state index in [9.17, 15) is 0 Å². The number of nitrogens with two attached hydrogens (primary N) is 1. The molecule has 1 rings (SSSR count). The molecule has 0 saturated carbocycles. The lowest BCUT2D eigenvalue weighted by Crippen LogP contribution is -2.22. The topological polar surface area (TPSA) is 50.4 Å². The number of nitrogens with one attached hydrogen (secondary N) is 1. The molecule has 0 bridgehead atoms. The summed E-state index contributed by atoms with van der Waals surface area (Å²) in [4.78, 5) is 4.37. The number of rotatable bonds is 8.